The number of hydrogen-bond donors (Lipinski definition) is 2. The van der Waals surface area contributed by atoms with Gasteiger partial charge in [-0.25, -0.2) is 0 Å². The average Bonchev–Trinajstić information content (AvgIpc) is 2.54. The minimum atomic E-state index is -1.03. The largest absolute Gasteiger partial charge is 0.481 e. The molecule has 0 amide bonds. The third-order valence-electron chi connectivity index (χ3n) is 4.14. The maximum absolute atomic E-state index is 11.9. The Hall–Kier alpha value is -1.39. The summed E-state index contributed by atoms with van der Waals surface area (Å²) >= 11 is 0. The monoisotopic (exact) mass is 240 g/mol. The Morgan fingerprint density at radius 2 is 1.71 bits per heavy atom. The summed E-state index contributed by atoms with van der Waals surface area (Å²) < 4.78 is 0. The highest BCUT2D eigenvalue weighted by Gasteiger charge is 2.52. The lowest BCUT2D eigenvalue weighted by Gasteiger charge is -2.20. The van der Waals surface area contributed by atoms with Crippen LogP contribution in [0.5, 0.6) is 0 Å². The number of carboxylic acids is 2. The molecule has 17 heavy (non-hydrogen) atoms. The van der Waals surface area contributed by atoms with Crippen LogP contribution in [-0.2, 0) is 14.4 Å². The third-order valence-corrected chi connectivity index (χ3v) is 4.14. The van der Waals surface area contributed by atoms with Gasteiger partial charge in [0, 0.05) is 12.3 Å². The van der Waals surface area contributed by atoms with E-state index in [9.17, 15) is 14.4 Å². The summed E-state index contributed by atoms with van der Waals surface area (Å²) in [5.74, 6) is -4.35. The second kappa shape index (κ2) is 4.47. The SMILES string of the molecule is O=C1CCCC[C@H]2[C@@H]1[C@@H](C(=O)O)C[C@H]2C(=O)O. The Morgan fingerprint density at radius 3 is 2.29 bits per heavy atom. The first kappa shape index (κ1) is 12.1. The van der Waals surface area contributed by atoms with Gasteiger partial charge in [0.2, 0.25) is 0 Å². The van der Waals surface area contributed by atoms with E-state index in [0.29, 0.717) is 12.8 Å². The van der Waals surface area contributed by atoms with E-state index in [-0.39, 0.29) is 18.1 Å². The molecule has 5 heteroatoms. The minimum Gasteiger partial charge on any atom is -0.481 e. The molecule has 94 valence electrons. The van der Waals surface area contributed by atoms with Gasteiger partial charge in [-0.05, 0) is 25.2 Å². The Labute approximate surface area is 98.8 Å². The number of ketones is 1. The van der Waals surface area contributed by atoms with E-state index in [2.05, 4.69) is 0 Å². The molecule has 2 aliphatic carbocycles. The van der Waals surface area contributed by atoms with Crippen molar-refractivity contribution in [3.05, 3.63) is 0 Å². The number of rotatable bonds is 2. The second-order valence-corrected chi connectivity index (χ2v) is 5.03. The third kappa shape index (κ3) is 2.06. The van der Waals surface area contributed by atoms with Gasteiger partial charge in [0.1, 0.15) is 5.78 Å². The van der Waals surface area contributed by atoms with Gasteiger partial charge in [-0.15, -0.1) is 0 Å². The lowest BCUT2D eigenvalue weighted by molar-refractivity contribution is -0.146. The molecule has 2 fully saturated rings. The molecular formula is C12H16O5. The lowest BCUT2D eigenvalue weighted by Crippen LogP contribution is -2.29. The number of carbonyl (C=O) groups is 3. The quantitative estimate of drug-likeness (QED) is 0.755. The number of Topliss-reactive ketones (excluding diaryl/α,β-unsaturated/α-hetero) is 1. The molecule has 2 aliphatic rings. The van der Waals surface area contributed by atoms with Crippen molar-refractivity contribution in [2.75, 3.05) is 0 Å². The Balaban J connectivity index is 2.31. The van der Waals surface area contributed by atoms with Crippen molar-refractivity contribution < 1.29 is 24.6 Å². The highest BCUT2D eigenvalue weighted by atomic mass is 16.4. The van der Waals surface area contributed by atoms with Gasteiger partial charge in [-0.2, -0.15) is 0 Å². The van der Waals surface area contributed by atoms with Crippen molar-refractivity contribution in [2.24, 2.45) is 23.7 Å². The zero-order valence-electron chi connectivity index (χ0n) is 9.46. The van der Waals surface area contributed by atoms with Crippen LogP contribution in [0.3, 0.4) is 0 Å². The van der Waals surface area contributed by atoms with Crippen LogP contribution in [0, 0.1) is 23.7 Å². The molecule has 0 radical (unpaired) electrons. The minimum absolute atomic E-state index is 0.0522. The highest BCUT2D eigenvalue weighted by molar-refractivity contribution is 5.89. The zero-order chi connectivity index (χ0) is 12.6. The first-order valence-corrected chi connectivity index (χ1v) is 6.00. The van der Waals surface area contributed by atoms with Crippen molar-refractivity contribution in [2.45, 2.75) is 32.1 Å². The molecular weight excluding hydrogens is 224 g/mol. The average molecular weight is 240 g/mol. The van der Waals surface area contributed by atoms with Crippen LogP contribution in [-0.4, -0.2) is 27.9 Å². The predicted molar refractivity (Wildman–Crippen MR) is 57.3 cm³/mol. The maximum Gasteiger partial charge on any atom is 0.307 e. The number of carboxylic acid groups (broad SMARTS) is 2. The van der Waals surface area contributed by atoms with E-state index in [0.717, 1.165) is 12.8 Å². The predicted octanol–water partition coefficient (Wildman–Crippen LogP) is 1.17. The van der Waals surface area contributed by atoms with Gasteiger partial charge in [0.25, 0.3) is 0 Å². The topological polar surface area (TPSA) is 91.7 Å². The first-order valence-electron chi connectivity index (χ1n) is 6.00. The Morgan fingerprint density at radius 1 is 1.06 bits per heavy atom. The summed E-state index contributed by atoms with van der Waals surface area (Å²) in [6.07, 6.45) is 2.74. The van der Waals surface area contributed by atoms with Crippen LogP contribution in [0.4, 0.5) is 0 Å². The van der Waals surface area contributed by atoms with E-state index in [1.54, 1.807) is 0 Å². The van der Waals surface area contributed by atoms with E-state index in [4.69, 9.17) is 10.2 Å². The molecule has 0 aromatic heterocycles. The summed E-state index contributed by atoms with van der Waals surface area (Å²) in [6, 6.07) is 0. The van der Waals surface area contributed by atoms with Crippen molar-refractivity contribution >= 4 is 17.7 Å². The number of carbonyl (C=O) groups excluding carboxylic acids is 1. The van der Waals surface area contributed by atoms with E-state index < -0.39 is 29.7 Å². The summed E-state index contributed by atoms with van der Waals surface area (Å²) in [5.41, 5.74) is 0. The molecule has 0 aliphatic heterocycles. The molecule has 2 N–H and O–H groups in total. The summed E-state index contributed by atoms with van der Waals surface area (Å²) in [5, 5.41) is 18.2. The fourth-order valence-corrected chi connectivity index (χ4v) is 3.37. The summed E-state index contributed by atoms with van der Waals surface area (Å²) in [6.45, 7) is 0. The Kier molecular flexibility index (Phi) is 3.17. The highest BCUT2D eigenvalue weighted by Crippen LogP contribution is 2.47. The number of aliphatic carboxylic acids is 2. The molecule has 2 saturated carbocycles. The zero-order valence-corrected chi connectivity index (χ0v) is 9.46. The molecule has 0 saturated heterocycles. The van der Waals surface area contributed by atoms with E-state index in [1.165, 1.54) is 0 Å². The van der Waals surface area contributed by atoms with Crippen LogP contribution < -0.4 is 0 Å². The number of hydrogen-bond acceptors (Lipinski definition) is 3. The number of fused-ring (bicyclic) bond motifs is 1. The lowest BCUT2D eigenvalue weighted by atomic mass is 9.82. The van der Waals surface area contributed by atoms with E-state index >= 15 is 0 Å². The van der Waals surface area contributed by atoms with Crippen LogP contribution in [0.2, 0.25) is 0 Å². The van der Waals surface area contributed by atoms with E-state index in [1.807, 2.05) is 0 Å². The van der Waals surface area contributed by atoms with Crippen LogP contribution in [0.1, 0.15) is 32.1 Å². The van der Waals surface area contributed by atoms with Crippen molar-refractivity contribution in [3.8, 4) is 0 Å². The van der Waals surface area contributed by atoms with Crippen molar-refractivity contribution in [1.82, 2.24) is 0 Å². The first-order chi connectivity index (χ1) is 8.02. The van der Waals surface area contributed by atoms with Crippen molar-refractivity contribution in [3.63, 3.8) is 0 Å². The molecule has 0 spiro atoms. The van der Waals surface area contributed by atoms with Gasteiger partial charge in [-0.3, -0.25) is 14.4 Å². The molecule has 0 unspecified atom stereocenters. The molecule has 0 aromatic rings. The summed E-state index contributed by atoms with van der Waals surface area (Å²) in [7, 11) is 0. The molecule has 4 atom stereocenters. The van der Waals surface area contributed by atoms with Gasteiger partial charge < -0.3 is 10.2 Å². The molecule has 0 heterocycles. The normalized spacial score (nSPS) is 37.3. The fraction of sp³-hybridized carbons (Fsp3) is 0.750. The second-order valence-electron chi connectivity index (χ2n) is 5.03. The van der Waals surface area contributed by atoms with Gasteiger partial charge in [0.15, 0.2) is 0 Å². The Bertz CT molecular complexity index is 362. The van der Waals surface area contributed by atoms with Crippen LogP contribution >= 0.6 is 0 Å². The van der Waals surface area contributed by atoms with Crippen molar-refractivity contribution in [1.29, 1.82) is 0 Å². The van der Waals surface area contributed by atoms with Gasteiger partial charge in [-0.1, -0.05) is 6.42 Å². The molecule has 5 nitrogen and oxygen atoms in total. The summed E-state index contributed by atoms with van der Waals surface area (Å²) in [4.78, 5) is 34.2. The smallest absolute Gasteiger partial charge is 0.307 e. The molecule has 0 aromatic carbocycles. The molecule has 2 rings (SSSR count). The van der Waals surface area contributed by atoms with Crippen LogP contribution in [0.15, 0.2) is 0 Å². The molecule has 0 bridgehead atoms. The fourth-order valence-electron chi connectivity index (χ4n) is 3.37. The maximum atomic E-state index is 11.9. The standard InChI is InChI=1S/C12H16O5/c13-9-4-2-1-3-6-7(11(14)15)5-8(10(6)9)12(16)17/h6-8,10H,1-5H2,(H,14,15)(H,16,17)/t6-,7-,8+,10-/m1/s1. The van der Waals surface area contributed by atoms with Crippen LogP contribution in [0.25, 0.3) is 0 Å². The van der Waals surface area contributed by atoms with Gasteiger partial charge in [0.05, 0.1) is 11.8 Å². The van der Waals surface area contributed by atoms with Gasteiger partial charge >= 0.3 is 11.9 Å².